The van der Waals surface area contributed by atoms with E-state index in [4.69, 9.17) is 9.47 Å². The van der Waals surface area contributed by atoms with E-state index in [-0.39, 0.29) is 11.6 Å². The Morgan fingerprint density at radius 2 is 2.28 bits per heavy atom. The minimum absolute atomic E-state index is 0.0697. The number of aryl methyl sites for hydroxylation is 1. The molecule has 0 bridgehead atoms. The molecule has 0 saturated carbocycles. The van der Waals surface area contributed by atoms with Gasteiger partial charge < -0.3 is 19.5 Å². The van der Waals surface area contributed by atoms with E-state index in [2.05, 4.69) is 18.1 Å². The molecule has 1 aromatic carbocycles. The van der Waals surface area contributed by atoms with Gasteiger partial charge >= 0.3 is 7.12 Å². The number of methoxy groups -OCH3 is 1. The number of benzene rings is 1. The van der Waals surface area contributed by atoms with Crippen LogP contribution in [0.2, 0.25) is 0 Å². The Morgan fingerprint density at radius 1 is 1.44 bits per heavy atom. The standard InChI is InChI=1S/C18H25BN2O4/c1-18(11-24-2)7-6-12-9-14-13(17(16(12)18)19(22)23)10-20-21(14)15-5-3-4-8-25-15/h9-10,15,22-23H,3-8,11H2,1-2H3. The number of hydrogen-bond acceptors (Lipinski definition) is 5. The SMILES string of the molecule is COCC1(C)CCc2cc3c(cnn3C3CCCCO3)c(B(O)O)c21. The molecule has 1 fully saturated rings. The van der Waals surface area contributed by atoms with Crippen molar-refractivity contribution in [1.29, 1.82) is 0 Å². The molecule has 2 heterocycles. The summed E-state index contributed by atoms with van der Waals surface area (Å²) >= 11 is 0. The number of fused-ring (bicyclic) bond motifs is 2. The van der Waals surface area contributed by atoms with E-state index in [9.17, 15) is 10.0 Å². The molecule has 2 aliphatic rings. The molecule has 2 unspecified atom stereocenters. The second kappa shape index (κ2) is 6.39. The lowest BCUT2D eigenvalue weighted by molar-refractivity contribution is -0.0366. The molecule has 134 valence electrons. The molecule has 1 aliphatic heterocycles. The van der Waals surface area contributed by atoms with Gasteiger partial charge in [0.1, 0.15) is 0 Å². The fourth-order valence-corrected chi connectivity index (χ4v) is 4.59. The molecule has 2 aromatic rings. The molecule has 0 amide bonds. The van der Waals surface area contributed by atoms with Crippen molar-refractivity contribution in [3.8, 4) is 0 Å². The molecular formula is C18H25BN2O4. The summed E-state index contributed by atoms with van der Waals surface area (Å²) in [4.78, 5) is 0. The zero-order chi connectivity index (χ0) is 17.6. The highest BCUT2D eigenvalue weighted by Gasteiger charge is 2.40. The maximum atomic E-state index is 10.2. The van der Waals surface area contributed by atoms with Gasteiger partial charge in [-0.3, -0.25) is 0 Å². The van der Waals surface area contributed by atoms with Crippen LogP contribution in [0.1, 0.15) is 50.0 Å². The van der Waals surface area contributed by atoms with Crippen molar-refractivity contribution in [3.05, 3.63) is 23.4 Å². The molecule has 0 radical (unpaired) electrons. The van der Waals surface area contributed by atoms with Gasteiger partial charge in [0.25, 0.3) is 0 Å². The van der Waals surface area contributed by atoms with Gasteiger partial charge in [0.15, 0.2) is 6.23 Å². The van der Waals surface area contributed by atoms with Crippen LogP contribution < -0.4 is 5.46 Å². The summed E-state index contributed by atoms with van der Waals surface area (Å²) in [6.07, 6.45) is 6.66. The van der Waals surface area contributed by atoms with E-state index in [1.54, 1.807) is 13.3 Å². The minimum atomic E-state index is -1.53. The van der Waals surface area contributed by atoms with Crippen molar-refractivity contribution >= 4 is 23.5 Å². The van der Waals surface area contributed by atoms with Gasteiger partial charge in [-0.15, -0.1) is 0 Å². The van der Waals surface area contributed by atoms with Crippen molar-refractivity contribution in [2.75, 3.05) is 20.3 Å². The second-order valence-corrected chi connectivity index (χ2v) is 7.53. The van der Waals surface area contributed by atoms with Crippen LogP contribution in [0.4, 0.5) is 0 Å². The lowest BCUT2D eigenvalue weighted by atomic mass is 9.68. The number of nitrogens with zero attached hydrogens (tertiary/aromatic N) is 2. The van der Waals surface area contributed by atoms with Crippen molar-refractivity contribution < 1.29 is 19.5 Å². The zero-order valence-corrected chi connectivity index (χ0v) is 14.9. The molecule has 7 heteroatoms. The molecule has 2 atom stereocenters. The van der Waals surface area contributed by atoms with Crippen LogP contribution in [-0.4, -0.2) is 47.3 Å². The van der Waals surface area contributed by atoms with Gasteiger partial charge in [0, 0.05) is 24.5 Å². The van der Waals surface area contributed by atoms with E-state index in [0.29, 0.717) is 12.1 Å². The summed E-state index contributed by atoms with van der Waals surface area (Å²) < 4.78 is 13.2. The van der Waals surface area contributed by atoms with Crippen LogP contribution in [0.15, 0.2) is 12.3 Å². The van der Waals surface area contributed by atoms with Gasteiger partial charge in [-0.2, -0.15) is 5.10 Å². The molecule has 1 aliphatic carbocycles. The summed E-state index contributed by atoms with van der Waals surface area (Å²) in [5.41, 5.74) is 3.47. The monoisotopic (exact) mass is 344 g/mol. The van der Waals surface area contributed by atoms with E-state index in [1.165, 1.54) is 0 Å². The second-order valence-electron chi connectivity index (χ2n) is 7.53. The molecular weight excluding hydrogens is 319 g/mol. The highest BCUT2D eigenvalue weighted by molar-refractivity contribution is 6.62. The molecule has 2 N–H and O–H groups in total. The Kier molecular flexibility index (Phi) is 4.36. The molecule has 0 spiro atoms. The molecule has 25 heavy (non-hydrogen) atoms. The topological polar surface area (TPSA) is 76.7 Å². The summed E-state index contributed by atoms with van der Waals surface area (Å²) in [6, 6.07) is 2.16. The van der Waals surface area contributed by atoms with Gasteiger partial charge in [0.2, 0.25) is 0 Å². The Bertz CT molecular complexity index is 785. The predicted molar refractivity (Wildman–Crippen MR) is 95.9 cm³/mol. The van der Waals surface area contributed by atoms with Crippen molar-refractivity contribution in [3.63, 3.8) is 0 Å². The van der Waals surface area contributed by atoms with Crippen LogP contribution in [0.5, 0.6) is 0 Å². The van der Waals surface area contributed by atoms with Crippen LogP contribution in [0.3, 0.4) is 0 Å². The van der Waals surface area contributed by atoms with E-state index in [0.717, 1.165) is 60.7 Å². The Hall–Kier alpha value is -1.41. The smallest absolute Gasteiger partial charge is 0.423 e. The lowest BCUT2D eigenvalue weighted by Crippen LogP contribution is -2.40. The quantitative estimate of drug-likeness (QED) is 0.817. The average molecular weight is 344 g/mol. The van der Waals surface area contributed by atoms with Gasteiger partial charge in [-0.1, -0.05) is 6.92 Å². The maximum absolute atomic E-state index is 10.2. The largest absolute Gasteiger partial charge is 0.489 e. The van der Waals surface area contributed by atoms with Crippen LogP contribution >= 0.6 is 0 Å². The van der Waals surface area contributed by atoms with Crippen molar-refractivity contribution in [1.82, 2.24) is 9.78 Å². The van der Waals surface area contributed by atoms with Crippen molar-refractivity contribution in [2.45, 2.75) is 50.7 Å². The number of rotatable bonds is 4. The number of ether oxygens (including phenoxy) is 2. The molecule has 6 nitrogen and oxygen atoms in total. The van der Waals surface area contributed by atoms with Gasteiger partial charge in [-0.25, -0.2) is 4.68 Å². The lowest BCUT2D eigenvalue weighted by Gasteiger charge is -2.28. The summed E-state index contributed by atoms with van der Waals surface area (Å²) in [5.74, 6) is 0. The normalized spacial score (nSPS) is 26.2. The first-order valence-electron chi connectivity index (χ1n) is 9.05. The highest BCUT2D eigenvalue weighted by Crippen LogP contribution is 2.40. The third-order valence-electron chi connectivity index (χ3n) is 5.72. The van der Waals surface area contributed by atoms with Crippen LogP contribution in [-0.2, 0) is 21.3 Å². The third-order valence-corrected chi connectivity index (χ3v) is 5.72. The zero-order valence-electron chi connectivity index (χ0n) is 14.9. The summed E-state index contributed by atoms with van der Waals surface area (Å²) in [5, 5.41) is 25.6. The van der Waals surface area contributed by atoms with Crippen LogP contribution in [0.25, 0.3) is 10.9 Å². The average Bonchev–Trinajstić information content (AvgIpc) is 3.16. The number of hydrogen-bond donors (Lipinski definition) is 2. The molecule has 1 saturated heterocycles. The Morgan fingerprint density at radius 3 is 2.96 bits per heavy atom. The molecule has 4 rings (SSSR count). The molecule has 1 aromatic heterocycles. The minimum Gasteiger partial charge on any atom is -0.423 e. The van der Waals surface area contributed by atoms with E-state index >= 15 is 0 Å². The first-order chi connectivity index (χ1) is 12.0. The summed E-state index contributed by atoms with van der Waals surface area (Å²) in [7, 11) is 0.159. The van der Waals surface area contributed by atoms with Crippen LogP contribution in [0, 0.1) is 0 Å². The van der Waals surface area contributed by atoms with Gasteiger partial charge in [0.05, 0.1) is 18.3 Å². The van der Waals surface area contributed by atoms with E-state index in [1.807, 2.05) is 4.68 Å². The van der Waals surface area contributed by atoms with Gasteiger partial charge in [-0.05, 0) is 54.8 Å². The third kappa shape index (κ3) is 2.70. The van der Waals surface area contributed by atoms with Crippen molar-refractivity contribution in [2.24, 2.45) is 0 Å². The fourth-order valence-electron chi connectivity index (χ4n) is 4.59. The first kappa shape index (κ1) is 17.0. The fraction of sp³-hybridized carbons (Fsp3) is 0.611. The first-order valence-corrected chi connectivity index (χ1v) is 9.05. The highest BCUT2D eigenvalue weighted by atomic mass is 16.5. The number of aromatic nitrogens is 2. The summed E-state index contributed by atoms with van der Waals surface area (Å²) in [6.45, 7) is 3.44. The Labute approximate surface area is 147 Å². The Balaban J connectivity index is 1.90. The predicted octanol–water partition coefficient (Wildman–Crippen LogP) is 1.27. The van der Waals surface area contributed by atoms with E-state index < -0.39 is 7.12 Å². The maximum Gasteiger partial charge on any atom is 0.489 e.